The van der Waals surface area contributed by atoms with Gasteiger partial charge in [0, 0.05) is 25.0 Å². The maximum absolute atomic E-state index is 11.5. The molecule has 0 saturated carbocycles. The fourth-order valence-corrected chi connectivity index (χ4v) is 2.50. The van der Waals surface area contributed by atoms with Gasteiger partial charge in [-0.3, -0.25) is 4.79 Å². The van der Waals surface area contributed by atoms with Crippen LogP contribution in [-0.2, 0) is 4.79 Å². The van der Waals surface area contributed by atoms with Gasteiger partial charge in [0.25, 0.3) is 0 Å². The lowest BCUT2D eigenvalue weighted by Gasteiger charge is -2.33. The van der Waals surface area contributed by atoms with Crippen molar-refractivity contribution in [2.24, 2.45) is 5.92 Å². The highest BCUT2D eigenvalue weighted by Crippen LogP contribution is 2.19. The Bertz CT molecular complexity index is 247. The SMILES string of the molecule is CC(C)NC(=O)CCNC(C)C1CCN(C)CC1. The maximum atomic E-state index is 11.5. The van der Waals surface area contributed by atoms with Gasteiger partial charge < -0.3 is 15.5 Å². The van der Waals surface area contributed by atoms with E-state index in [1.807, 2.05) is 13.8 Å². The number of carbonyl (C=O) groups is 1. The van der Waals surface area contributed by atoms with Crippen LogP contribution in [0.25, 0.3) is 0 Å². The van der Waals surface area contributed by atoms with Crippen molar-refractivity contribution in [1.82, 2.24) is 15.5 Å². The molecule has 1 aliphatic rings. The number of likely N-dealkylation sites (tertiary alicyclic amines) is 1. The Labute approximate surface area is 111 Å². The average Bonchev–Trinajstić information content (AvgIpc) is 2.28. The molecule has 0 aliphatic carbocycles. The van der Waals surface area contributed by atoms with Gasteiger partial charge in [-0.25, -0.2) is 0 Å². The third-order valence-electron chi connectivity index (χ3n) is 3.74. The van der Waals surface area contributed by atoms with E-state index >= 15 is 0 Å². The molecule has 0 aromatic heterocycles. The van der Waals surface area contributed by atoms with Gasteiger partial charge in [-0.15, -0.1) is 0 Å². The van der Waals surface area contributed by atoms with E-state index < -0.39 is 0 Å². The predicted molar refractivity (Wildman–Crippen MR) is 75.6 cm³/mol. The third-order valence-corrected chi connectivity index (χ3v) is 3.74. The molecule has 4 nitrogen and oxygen atoms in total. The zero-order valence-corrected chi connectivity index (χ0v) is 12.3. The van der Waals surface area contributed by atoms with Gasteiger partial charge in [-0.1, -0.05) is 0 Å². The summed E-state index contributed by atoms with van der Waals surface area (Å²) >= 11 is 0. The van der Waals surface area contributed by atoms with Crippen molar-refractivity contribution in [3.05, 3.63) is 0 Å². The molecule has 0 spiro atoms. The highest BCUT2D eigenvalue weighted by Gasteiger charge is 2.21. The monoisotopic (exact) mass is 255 g/mol. The van der Waals surface area contributed by atoms with E-state index in [-0.39, 0.29) is 11.9 Å². The summed E-state index contributed by atoms with van der Waals surface area (Å²) < 4.78 is 0. The highest BCUT2D eigenvalue weighted by atomic mass is 16.1. The summed E-state index contributed by atoms with van der Waals surface area (Å²) in [6.45, 7) is 9.41. The molecule has 1 aliphatic heterocycles. The number of rotatable bonds is 6. The van der Waals surface area contributed by atoms with Gasteiger partial charge in [-0.2, -0.15) is 0 Å². The maximum Gasteiger partial charge on any atom is 0.221 e. The summed E-state index contributed by atoms with van der Waals surface area (Å²) in [7, 11) is 2.19. The lowest BCUT2D eigenvalue weighted by atomic mass is 9.90. The summed E-state index contributed by atoms with van der Waals surface area (Å²) in [5.74, 6) is 0.905. The van der Waals surface area contributed by atoms with Crippen molar-refractivity contribution in [3.8, 4) is 0 Å². The number of hydrogen-bond acceptors (Lipinski definition) is 3. The second-order valence-corrected chi connectivity index (χ2v) is 5.86. The molecule has 0 radical (unpaired) electrons. The Hall–Kier alpha value is -0.610. The summed E-state index contributed by atoms with van der Waals surface area (Å²) in [4.78, 5) is 13.9. The molecule has 106 valence electrons. The molecule has 1 atom stereocenters. The lowest BCUT2D eigenvalue weighted by molar-refractivity contribution is -0.121. The van der Waals surface area contributed by atoms with Gasteiger partial charge in [0.2, 0.25) is 5.91 Å². The number of hydrogen-bond donors (Lipinski definition) is 2. The normalized spacial score (nSPS) is 20.1. The molecule has 1 heterocycles. The van der Waals surface area contributed by atoms with E-state index in [4.69, 9.17) is 0 Å². The lowest BCUT2D eigenvalue weighted by Crippen LogP contribution is -2.42. The fourth-order valence-electron chi connectivity index (χ4n) is 2.50. The zero-order chi connectivity index (χ0) is 13.5. The molecule has 0 aromatic rings. The summed E-state index contributed by atoms with van der Waals surface area (Å²) in [5, 5.41) is 6.41. The number of amides is 1. The van der Waals surface area contributed by atoms with Crippen molar-refractivity contribution in [3.63, 3.8) is 0 Å². The van der Waals surface area contributed by atoms with Gasteiger partial charge in [-0.05, 0) is 59.7 Å². The van der Waals surface area contributed by atoms with Gasteiger partial charge in [0.15, 0.2) is 0 Å². The van der Waals surface area contributed by atoms with Crippen LogP contribution in [0.15, 0.2) is 0 Å². The molecule has 2 N–H and O–H groups in total. The first-order chi connectivity index (χ1) is 8.49. The van der Waals surface area contributed by atoms with Crippen molar-refractivity contribution in [2.75, 3.05) is 26.7 Å². The summed E-state index contributed by atoms with van der Waals surface area (Å²) in [6.07, 6.45) is 3.11. The largest absolute Gasteiger partial charge is 0.354 e. The first-order valence-electron chi connectivity index (χ1n) is 7.20. The van der Waals surface area contributed by atoms with Crippen molar-refractivity contribution < 1.29 is 4.79 Å². The van der Waals surface area contributed by atoms with E-state index in [0.29, 0.717) is 12.5 Å². The smallest absolute Gasteiger partial charge is 0.221 e. The first-order valence-corrected chi connectivity index (χ1v) is 7.20. The third kappa shape index (κ3) is 5.83. The van der Waals surface area contributed by atoms with Crippen molar-refractivity contribution in [2.45, 2.75) is 52.1 Å². The molecule has 1 amide bonds. The Morgan fingerprint density at radius 2 is 1.89 bits per heavy atom. The van der Waals surface area contributed by atoms with Crippen LogP contribution in [0, 0.1) is 5.92 Å². The van der Waals surface area contributed by atoms with Crippen LogP contribution in [0.2, 0.25) is 0 Å². The second kappa shape index (κ2) is 7.74. The van der Waals surface area contributed by atoms with E-state index in [9.17, 15) is 4.79 Å². The van der Waals surface area contributed by atoms with Crippen LogP contribution in [-0.4, -0.2) is 49.6 Å². The predicted octanol–water partition coefficient (Wildman–Crippen LogP) is 1.22. The molecule has 1 rings (SSSR count). The minimum Gasteiger partial charge on any atom is -0.354 e. The molecule has 1 saturated heterocycles. The Morgan fingerprint density at radius 3 is 2.44 bits per heavy atom. The van der Waals surface area contributed by atoms with E-state index in [1.165, 1.54) is 25.9 Å². The van der Waals surface area contributed by atoms with E-state index in [2.05, 4.69) is 29.5 Å². The molecule has 0 bridgehead atoms. The Kier molecular flexibility index (Phi) is 6.65. The van der Waals surface area contributed by atoms with Crippen LogP contribution < -0.4 is 10.6 Å². The van der Waals surface area contributed by atoms with E-state index in [0.717, 1.165) is 12.5 Å². The molecule has 18 heavy (non-hydrogen) atoms. The number of carbonyl (C=O) groups excluding carboxylic acids is 1. The van der Waals surface area contributed by atoms with Crippen LogP contribution in [0.5, 0.6) is 0 Å². The van der Waals surface area contributed by atoms with Crippen molar-refractivity contribution >= 4 is 5.91 Å². The molecular weight excluding hydrogens is 226 g/mol. The van der Waals surface area contributed by atoms with Gasteiger partial charge in [0.05, 0.1) is 0 Å². The number of piperidine rings is 1. The quantitative estimate of drug-likeness (QED) is 0.750. The van der Waals surface area contributed by atoms with Gasteiger partial charge >= 0.3 is 0 Å². The van der Waals surface area contributed by atoms with Crippen LogP contribution in [0.4, 0.5) is 0 Å². The molecule has 4 heteroatoms. The molecule has 1 fully saturated rings. The first kappa shape index (κ1) is 15.4. The Balaban J connectivity index is 2.13. The fraction of sp³-hybridized carbons (Fsp3) is 0.929. The standard InChI is InChI=1S/C14H29N3O/c1-11(2)16-14(18)5-8-15-12(3)13-6-9-17(4)10-7-13/h11-13,15H,5-10H2,1-4H3,(H,16,18). The minimum absolute atomic E-state index is 0.146. The van der Waals surface area contributed by atoms with Crippen LogP contribution >= 0.6 is 0 Å². The zero-order valence-electron chi connectivity index (χ0n) is 12.3. The summed E-state index contributed by atoms with van der Waals surface area (Å²) in [6, 6.07) is 0.759. The molecule has 1 unspecified atom stereocenters. The highest BCUT2D eigenvalue weighted by molar-refractivity contribution is 5.76. The minimum atomic E-state index is 0.146. The number of nitrogens with zero attached hydrogens (tertiary/aromatic N) is 1. The number of nitrogens with one attached hydrogen (secondary N) is 2. The Morgan fingerprint density at radius 1 is 1.28 bits per heavy atom. The molecule has 0 aromatic carbocycles. The second-order valence-electron chi connectivity index (χ2n) is 5.86. The van der Waals surface area contributed by atoms with Crippen molar-refractivity contribution in [1.29, 1.82) is 0 Å². The molecular formula is C14H29N3O. The van der Waals surface area contributed by atoms with Crippen LogP contribution in [0.1, 0.15) is 40.0 Å². The topological polar surface area (TPSA) is 44.4 Å². The average molecular weight is 255 g/mol. The van der Waals surface area contributed by atoms with Gasteiger partial charge in [0.1, 0.15) is 0 Å². The van der Waals surface area contributed by atoms with Crippen LogP contribution in [0.3, 0.4) is 0 Å². The van der Waals surface area contributed by atoms with E-state index in [1.54, 1.807) is 0 Å². The summed E-state index contributed by atoms with van der Waals surface area (Å²) in [5.41, 5.74) is 0.